The predicted octanol–water partition coefficient (Wildman–Crippen LogP) is 3.53. The highest BCUT2D eigenvalue weighted by molar-refractivity contribution is 5.99. The van der Waals surface area contributed by atoms with Gasteiger partial charge in [-0.25, -0.2) is 14.8 Å². The van der Waals surface area contributed by atoms with Crippen molar-refractivity contribution in [3.63, 3.8) is 0 Å². The quantitative estimate of drug-likeness (QED) is 0.508. The normalized spacial score (nSPS) is 24.5. The summed E-state index contributed by atoms with van der Waals surface area (Å²) in [4.78, 5) is 43.2. The van der Waals surface area contributed by atoms with Gasteiger partial charge < -0.3 is 30.1 Å². The summed E-state index contributed by atoms with van der Waals surface area (Å²) in [7, 11) is 0. The first-order chi connectivity index (χ1) is 20.1. The fraction of sp³-hybridized carbons (Fsp3) is 0.613. The van der Waals surface area contributed by atoms with Crippen molar-refractivity contribution in [1.82, 2.24) is 30.4 Å². The lowest BCUT2D eigenvalue weighted by Crippen LogP contribution is -2.58. The molecule has 4 fully saturated rings. The van der Waals surface area contributed by atoms with Crippen LogP contribution in [0.5, 0.6) is 5.88 Å². The molecule has 2 aromatic rings. The summed E-state index contributed by atoms with van der Waals surface area (Å²) >= 11 is 0. The monoisotopic (exact) mass is 561 g/mol. The van der Waals surface area contributed by atoms with Crippen molar-refractivity contribution in [1.29, 1.82) is 0 Å². The van der Waals surface area contributed by atoms with Gasteiger partial charge in [0.05, 0.1) is 23.6 Å². The van der Waals surface area contributed by atoms with Crippen LogP contribution in [0.2, 0.25) is 0 Å². The highest BCUT2D eigenvalue weighted by Crippen LogP contribution is 2.40. The molecule has 41 heavy (non-hydrogen) atoms. The molecule has 0 aromatic carbocycles. The number of ether oxygens (including phenoxy) is 1. The Morgan fingerprint density at radius 3 is 2.73 bits per heavy atom. The minimum absolute atomic E-state index is 0.0782. The Morgan fingerprint density at radius 2 is 1.98 bits per heavy atom. The average Bonchev–Trinajstić information content (AvgIpc) is 3.49. The van der Waals surface area contributed by atoms with Gasteiger partial charge in [-0.05, 0) is 82.2 Å². The number of hydrogen-bond donors (Lipinski definition) is 2. The van der Waals surface area contributed by atoms with Gasteiger partial charge in [0.25, 0.3) is 5.91 Å². The molecule has 10 heteroatoms. The number of nitrogens with zero attached hydrogens (tertiary/aromatic N) is 5. The van der Waals surface area contributed by atoms with Gasteiger partial charge in [-0.1, -0.05) is 6.92 Å². The van der Waals surface area contributed by atoms with E-state index in [4.69, 9.17) is 9.72 Å². The number of pyridine rings is 2. The van der Waals surface area contributed by atoms with E-state index in [-0.39, 0.29) is 24.0 Å². The van der Waals surface area contributed by atoms with E-state index in [1.54, 1.807) is 6.20 Å². The van der Waals surface area contributed by atoms with Gasteiger partial charge in [-0.15, -0.1) is 0 Å². The first-order valence-electron chi connectivity index (χ1n) is 15.5. The molecule has 1 saturated carbocycles. The van der Waals surface area contributed by atoms with E-state index >= 15 is 0 Å². The van der Waals surface area contributed by atoms with Gasteiger partial charge in [0.1, 0.15) is 0 Å². The second-order valence-electron chi connectivity index (χ2n) is 11.7. The summed E-state index contributed by atoms with van der Waals surface area (Å²) < 4.78 is 5.77. The van der Waals surface area contributed by atoms with Crippen molar-refractivity contribution in [2.45, 2.75) is 70.5 Å². The summed E-state index contributed by atoms with van der Waals surface area (Å²) in [5, 5.41) is 6.53. The Labute approximate surface area is 242 Å². The number of amides is 3. The van der Waals surface area contributed by atoms with Crippen molar-refractivity contribution in [2.75, 3.05) is 50.8 Å². The molecule has 3 amide bonds. The van der Waals surface area contributed by atoms with Gasteiger partial charge in [-0.3, -0.25) is 4.79 Å². The zero-order chi connectivity index (χ0) is 28.3. The van der Waals surface area contributed by atoms with Crippen LogP contribution in [0.15, 0.2) is 30.5 Å². The number of rotatable bonds is 8. The van der Waals surface area contributed by atoms with E-state index in [9.17, 15) is 9.59 Å². The largest absolute Gasteiger partial charge is 0.477 e. The summed E-state index contributed by atoms with van der Waals surface area (Å²) in [5.41, 5.74) is 2.64. The van der Waals surface area contributed by atoms with Gasteiger partial charge in [0, 0.05) is 57.0 Å². The average molecular weight is 562 g/mol. The van der Waals surface area contributed by atoms with E-state index < -0.39 is 0 Å². The lowest BCUT2D eigenvalue weighted by Gasteiger charge is -2.44. The minimum atomic E-state index is -0.171. The molecule has 0 bridgehead atoms. The summed E-state index contributed by atoms with van der Waals surface area (Å²) in [5.74, 6) is 1.04. The van der Waals surface area contributed by atoms with E-state index in [0.717, 1.165) is 56.6 Å². The topological polar surface area (TPSA) is 103 Å². The maximum Gasteiger partial charge on any atom is 0.320 e. The Hall–Kier alpha value is -3.40. The minimum Gasteiger partial charge on any atom is -0.477 e. The molecule has 1 aliphatic carbocycles. The van der Waals surface area contributed by atoms with Gasteiger partial charge in [0.2, 0.25) is 5.88 Å². The third-order valence-corrected chi connectivity index (χ3v) is 9.06. The summed E-state index contributed by atoms with van der Waals surface area (Å²) in [6.07, 6.45) is 8.23. The standard InChI is InChI=1S/C31H43N7O3/c1-3-23-20-36(31(40)38-16-6-8-26(38)21-9-10-21)17-18-37(23)27-12-11-25(24-7-5-14-33-30(24)41-4-2)35-28(27)29(39)34-22-13-15-32-19-22/h5,7,11-12,14,21-23,26,32H,3-4,6,8-10,13,15-20H2,1-2H3,(H,34,39)/t22-,23-,26?/m1/s1. The molecular weight excluding hydrogens is 518 g/mol. The second kappa shape index (κ2) is 12.2. The van der Waals surface area contributed by atoms with Crippen LogP contribution in [-0.4, -0.2) is 95.7 Å². The number of aromatic nitrogens is 2. The molecule has 220 valence electrons. The molecule has 2 aromatic heterocycles. The van der Waals surface area contributed by atoms with Crippen molar-refractivity contribution in [3.8, 4) is 17.1 Å². The SMILES string of the molecule is CCOc1ncccc1-c1ccc(N2CCN(C(=O)N3CCCC3C3CC3)C[C@H]2CC)c(C(=O)N[C@@H]2CCNC2)n1. The van der Waals surface area contributed by atoms with Crippen LogP contribution >= 0.6 is 0 Å². The zero-order valence-corrected chi connectivity index (χ0v) is 24.3. The van der Waals surface area contributed by atoms with Crippen molar-refractivity contribution in [2.24, 2.45) is 5.92 Å². The Bertz CT molecular complexity index is 1250. The van der Waals surface area contributed by atoms with Crippen LogP contribution in [0, 0.1) is 5.92 Å². The Morgan fingerprint density at radius 1 is 1.10 bits per heavy atom. The zero-order valence-electron chi connectivity index (χ0n) is 24.3. The van der Waals surface area contributed by atoms with Crippen LogP contribution in [0.4, 0.5) is 10.5 Å². The highest BCUT2D eigenvalue weighted by Gasteiger charge is 2.42. The van der Waals surface area contributed by atoms with E-state index in [2.05, 4.69) is 32.3 Å². The molecule has 4 aliphatic rings. The number of urea groups is 1. The number of carbonyl (C=O) groups is 2. The molecule has 3 saturated heterocycles. The lowest BCUT2D eigenvalue weighted by atomic mass is 10.1. The van der Waals surface area contributed by atoms with E-state index in [1.165, 1.54) is 12.8 Å². The smallest absolute Gasteiger partial charge is 0.320 e. The fourth-order valence-electron chi connectivity index (χ4n) is 6.75. The first-order valence-corrected chi connectivity index (χ1v) is 15.5. The van der Waals surface area contributed by atoms with Crippen molar-refractivity contribution >= 4 is 17.6 Å². The molecule has 0 radical (unpaired) electrons. The van der Waals surface area contributed by atoms with E-state index in [0.29, 0.717) is 55.5 Å². The molecule has 3 aliphatic heterocycles. The number of anilines is 1. The van der Waals surface area contributed by atoms with E-state index in [1.807, 2.05) is 36.1 Å². The van der Waals surface area contributed by atoms with Crippen LogP contribution < -0.4 is 20.3 Å². The maximum absolute atomic E-state index is 13.8. The Balaban J connectivity index is 1.27. The molecular formula is C31H43N7O3. The molecule has 5 heterocycles. The maximum atomic E-state index is 13.8. The molecule has 0 spiro atoms. The van der Waals surface area contributed by atoms with Crippen LogP contribution in [0.3, 0.4) is 0 Å². The van der Waals surface area contributed by atoms with Gasteiger partial charge >= 0.3 is 6.03 Å². The third kappa shape index (κ3) is 5.84. The molecule has 6 rings (SSSR count). The molecule has 3 atom stereocenters. The fourth-order valence-corrected chi connectivity index (χ4v) is 6.75. The number of likely N-dealkylation sites (tertiary alicyclic amines) is 1. The predicted molar refractivity (Wildman–Crippen MR) is 158 cm³/mol. The van der Waals surface area contributed by atoms with Gasteiger partial charge in [-0.2, -0.15) is 0 Å². The van der Waals surface area contributed by atoms with Crippen molar-refractivity contribution in [3.05, 3.63) is 36.2 Å². The van der Waals surface area contributed by atoms with Crippen LogP contribution in [-0.2, 0) is 0 Å². The van der Waals surface area contributed by atoms with Crippen molar-refractivity contribution < 1.29 is 14.3 Å². The first kappa shape index (κ1) is 27.8. The third-order valence-electron chi connectivity index (χ3n) is 9.06. The molecule has 1 unspecified atom stereocenters. The second-order valence-corrected chi connectivity index (χ2v) is 11.7. The molecule has 2 N–H and O–H groups in total. The summed E-state index contributed by atoms with van der Waals surface area (Å²) in [6, 6.07) is 8.54. The van der Waals surface area contributed by atoms with Gasteiger partial charge in [0.15, 0.2) is 5.69 Å². The molecule has 10 nitrogen and oxygen atoms in total. The van der Waals surface area contributed by atoms with Crippen LogP contribution in [0.25, 0.3) is 11.3 Å². The van der Waals surface area contributed by atoms with Crippen LogP contribution in [0.1, 0.15) is 62.9 Å². The number of hydrogen-bond acceptors (Lipinski definition) is 7. The number of nitrogens with one attached hydrogen (secondary N) is 2. The number of carbonyl (C=O) groups excluding carboxylic acids is 2. The Kier molecular flexibility index (Phi) is 8.27. The number of piperazine rings is 1. The lowest BCUT2D eigenvalue weighted by molar-refractivity contribution is 0.0934. The highest BCUT2D eigenvalue weighted by atomic mass is 16.5. The summed E-state index contributed by atoms with van der Waals surface area (Å²) in [6.45, 7) is 9.05.